The molecule has 1 aromatic heterocycles. The van der Waals surface area contributed by atoms with Gasteiger partial charge in [-0.05, 0) is 25.8 Å². The van der Waals surface area contributed by atoms with Crippen molar-refractivity contribution in [1.82, 2.24) is 14.9 Å². The summed E-state index contributed by atoms with van der Waals surface area (Å²) in [4.78, 5) is 15.6. The number of nitrogens with zero attached hydrogens (tertiary/aromatic N) is 2. The zero-order chi connectivity index (χ0) is 12.5. The molecule has 0 fully saturated rings. The normalized spacial score (nSPS) is 12.4. The molecule has 5 heteroatoms. The molecule has 5 nitrogen and oxygen atoms in total. The lowest BCUT2D eigenvalue weighted by molar-refractivity contribution is -0.124. The second-order valence-electron chi connectivity index (χ2n) is 4.28. The molecule has 0 radical (unpaired) electrons. The predicted octanol–water partition coefficient (Wildman–Crippen LogP) is 0.764. The van der Waals surface area contributed by atoms with Gasteiger partial charge in [0.15, 0.2) is 0 Å². The second kappa shape index (κ2) is 7.84. The van der Waals surface area contributed by atoms with Crippen LogP contribution in [0, 0.1) is 5.92 Å². The molecular formula is C12H22N4O. The monoisotopic (exact) mass is 238 g/mol. The van der Waals surface area contributed by atoms with Crippen LogP contribution in [0.4, 0.5) is 0 Å². The van der Waals surface area contributed by atoms with Crippen LogP contribution in [0.5, 0.6) is 0 Å². The van der Waals surface area contributed by atoms with Crippen LogP contribution in [-0.2, 0) is 11.3 Å². The number of nitrogens with one attached hydrogen (secondary N) is 1. The minimum atomic E-state index is 0.0618. The Kier molecular flexibility index (Phi) is 6.32. The van der Waals surface area contributed by atoms with Gasteiger partial charge in [0.25, 0.3) is 0 Å². The van der Waals surface area contributed by atoms with Gasteiger partial charge in [0.2, 0.25) is 5.91 Å². The summed E-state index contributed by atoms with van der Waals surface area (Å²) < 4.78 is 2.00. The van der Waals surface area contributed by atoms with Crippen LogP contribution in [0.1, 0.15) is 26.2 Å². The van der Waals surface area contributed by atoms with E-state index < -0.39 is 0 Å². The molecule has 1 amide bonds. The summed E-state index contributed by atoms with van der Waals surface area (Å²) >= 11 is 0. The molecule has 96 valence electrons. The average Bonchev–Trinajstić information content (AvgIpc) is 2.84. The summed E-state index contributed by atoms with van der Waals surface area (Å²) in [7, 11) is 0. The summed E-state index contributed by atoms with van der Waals surface area (Å²) in [6.45, 7) is 4.19. The Labute approximate surface area is 102 Å². The standard InChI is InChI=1S/C12H22N4O/c1-11(4-2-5-13)12(17)15-6-3-8-16-9-7-14-10-16/h7,9-11H,2-6,8,13H2,1H3,(H,15,17). The third-order valence-electron chi connectivity index (χ3n) is 2.74. The molecule has 0 saturated heterocycles. The highest BCUT2D eigenvalue weighted by molar-refractivity contribution is 5.78. The molecule has 17 heavy (non-hydrogen) atoms. The first-order valence-corrected chi connectivity index (χ1v) is 6.17. The number of aromatic nitrogens is 2. The molecule has 0 bridgehead atoms. The molecule has 1 atom stereocenters. The SMILES string of the molecule is CC(CCCN)C(=O)NCCCn1ccnc1. The number of amides is 1. The number of carbonyl (C=O) groups is 1. The zero-order valence-corrected chi connectivity index (χ0v) is 10.4. The molecule has 3 N–H and O–H groups in total. The first-order valence-electron chi connectivity index (χ1n) is 6.17. The van der Waals surface area contributed by atoms with Crippen molar-refractivity contribution in [2.45, 2.75) is 32.7 Å². The van der Waals surface area contributed by atoms with Gasteiger partial charge >= 0.3 is 0 Å². The van der Waals surface area contributed by atoms with E-state index in [1.54, 1.807) is 12.5 Å². The molecule has 0 aromatic carbocycles. The highest BCUT2D eigenvalue weighted by atomic mass is 16.1. The third-order valence-corrected chi connectivity index (χ3v) is 2.74. The van der Waals surface area contributed by atoms with Crippen molar-refractivity contribution in [2.75, 3.05) is 13.1 Å². The van der Waals surface area contributed by atoms with Crippen molar-refractivity contribution in [2.24, 2.45) is 11.7 Å². The second-order valence-corrected chi connectivity index (χ2v) is 4.28. The van der Waals surface area contributed by atoms with Crippen LogP contribution in [0.15, 0.2) is 18.7 Å². The molecule has 1 aromatic rings. The summed E-state index contributed by atoms with van der Waals surface area (Å²) in [5.41, 5.74) is 5.41. The first-order chi connectivity index (χ1) is 8.24. The molecule has 1 unspecified atom stereocenters. The maximum atomic E-state index is 11.6. The van der Waals surface area contributed by atoms with E-state index in [9.17, 15) is 4.79 Å². The van der Waals surface area contributed by atoms with Gasteiger partial charge < -0.3 is 15.6 Å². The molecule has 0 aliphatic heterocycles. The lowest BCUT2D eigenvalue weighted by atomic mass is 10.1. The van der Waals surface area contributed by atoms with Crippen LogP contribution in [0.2, 0.25) is 0 Å². The fourth-order valence-electron chi connectivity index (χ4n) is 1.62. The summed E-state index contributed by atoms with van der Waals surface area (Å²) in [5, 5.41) is 2.94. The van der Waals surface area contributed by atoms with E-state index in [0.717, 1.165) is 25.8 Å². The van der Waals surface area contributed by atoms with Crippen LogP contribution >= 0.6 is 0 Å². The number of rotatable bonds is 8. The number of aryl methyl sites for hydroxylation is 1. The van der Waals surface area contributed by atoms with E-state index >= 15 is 0 Å². The largest absolute Gasteiger partial charge is 0.356 e. The summed E-state index contributed by atoms with van der Waals surface area (Å²) in [6.07, 6.45) is 8.16. The van der Waals surface area contributed by atoms with Gasteiger partial charge in [-0.25, -0.2) is 4.98 Å². The van der Waals surface area contributed by atoms with Crippen LogP contribution in [-0.4, -0.2) is 28.5 Å². The van der Waals surface area contributed by atoms with Crippen molar-refractivity contribution in [3.8, 4) is 0 Å². The maximum Gasteiger partial charge on any atom is 0.222 e. The lowest BCUT2D eigenvalue weighted by Crippen LogP contribution is -2.30. The number of hydrogen-bond donors (Lipinski definition) is 2. The van der Waals surface area contributed by atoms with Gasteiger partial charge in [-0.15, -0.1) is 0 Å². The molecular weight excluding hydrogens is 216 g/mol. The lowest BCUT2D eigenvalue weighted by Gasteiger charge is -2.11. The van der Waals surface area contributed by atoms with Gasteiger partial charge in [-0.1, -0.05) is 6.92 Å². The number of hydrogen-bond acceptors (Lipinski definition) is 3. The van der Waals surface area contributed by atoms with Gasteiger partial charge in [-0.2, -0.15) is 0 Å². The van der Waals surface area contributed by atoms with E-state index in [-0.39, 0.29) is 11.8 Å². The quantitative estimate of drug-likeness (QED) is 0.657. The maximum absolute atomic E-state index is 11.6. The van der Waals surface area contributed by atoms with Crippen LogP contribution in [0.25, 0.3) is 0 Å². The fraction of sp³-hybridized carbons (Fsp3) is 0.667. The Morgan fingerprint density at radius 3 is 3.00 bits per heavy atom. The van der Waals surface area contributed by atoms with E-state index in [1.807, 2.05) is 17.7 Å². The fourth-order valence-corrected chi connectivity index (χ4v) is 1.62. The smallest absolute Gasteiger partial charge is 0.222 e. The van der Waals surface area contributed by atoms with Gasteiger partial charge in [0, 0.05) is 31.4 Å². The highest BCUT2D eigenvalue weighted by Crippen LogP contribution is 2.04. The molecule has 1 heterocycles. The minimum absolute atomic E-state index is 0.0618. The predicted molar refractivity (Wildman–Crippen MR) is 67.3 cm³/mol. The highest BCUT2D eigenvalue weighted by Gasteiger charge is 2.10. The third kappa shape index (κ3) is 5.49. The Hall–Kier alpha value is -1.36. The van der Waals surface area contributed by atoms with E-state index in [0.29, 0.717) is 13.1 Å². The van der Waals surface area contributed by atoms with Crippen molar-refractivity contribution >= 4 is 5.91 Å². The van der Waals surface area contributed by atoms with Crippen LogP contribution < -0.4 is 11.1 Å². The summed E-state index contributed by atoms with van der Waals surface area (Å²) in [5.74, 6) is 0.191. The topological polar surface area (TPSA) is 72.9 Å². The number of nitrogens with two attached hydrogens (primary N) is 1. The molecule has 0 aliphatic carbocycles. The van der Waals surface area contributed by atoms with Crippen molar-refractivity contribution in [3.63, 3.8) is 0 Å². The minimum Gasteiger partial charge on any atom is -0.356 e. The Morgan fingerprint density at radius 2 is 2.35 bits per heavy atom. The van der Waals surface area contributed by atoms with Gasteiger partial charge in [0.05, 0.1) is 6.33 Å². The van der Waals surface area contributed by atoms with Crippen molar-refractivity contribution < 1.29 is 4.79 Å². The van der Waals surface area contributed by atoms with E-state index in [1.165, 1.54) is 0 Å². The van der Waals surface area contributed by atoms with Crippen molar-refractivity contribution in [1.29, 1.82) is 0 Å². The van der Waals surface area contributed by atoms with Gasteiger partial charge in [-0.3, -0.25) is 4.79 Å². The average molecular weight is 238 g/mol. The molecule has 0 saturated carbocycles. The first kappa shape index (κ1) is 13.7. The zero-order valence-electron chi connectivity index (χ0n) is 10.4. The Bertz CT molecular complexity index is 310. The number of carbonyl (C=O) groups excluding carboxylic acids is 1. The van der Waals surface area contributed by atoms with E-state index in [4.69, 9.17) is 5.73 Å². The molecule has 0 aliphatic rings. The molecule has 0 spiro atoms. The van der Waals surface area contributed by atoms with Gasteiger partial charge in [0.1, 0.15) is 0 Å². The van der Waals surface area contributed by atoms with E-state index in [2.05, 4.69) is 10.3 Å². The van der Waals surface area contributed by atoms with Crippen LogP contribution in [0.3, 0.4) is 0 Å². The molecule has 1 rings (SSSR count). The van der Waals surface area contributed by atoms with Crippen molar-refractivity contribution in [3.05, 3.63) is 18.7 Å². The number of imidazole rings is 1. The summed E-state index contributed by atoms with van der Waals surface area (Å²) in [6, 6.07) is 0. The Morgan fingerprint density at radius 1 is 1.53 bits per heavy atom. The Balaban J connectivity index is 2.07.